The van der Waals surface area contributed by atoms with Crippen LogP contribution in [0.1, 0.15) is 29.3 Å². The van der Waals surface area contributed by atoms with Gasteiger partial charge in [0.2, 0.25) is 11.9 Å². The first-order valence-corrected chi connectivity index (χ1v) is 7.35. The maximum Gasteiger partial charge on any atom is 0.387 e. The monoisotopic (exact) mass is 356 g/mol. The Morgan fingerprint density at radius 2 is 2.08 bits per heavy atom. The summed E-state index contributed by atoms with van der Waals surface area (Å²) in [4.78, 5) is 24.1. The SMILES string of the molecule is CCC(=O)Nc1c(OC(F)F)ccc(C(=O)NC2=NNNN2C)c1C. The number of guanidine groups is 1. The topological polar surface area (TPSA) is 107 Å². The number of hydrazine groups is 2. The van der Waals surface area contributed by atoms with E-state index >= 15 is 0 Å². The molecule has 0 unspecified atom stereocenters. The molecule has 0 saturated carbocycles. The summed E-state index contributed by atoms with van der Waals surface area (Å²) in [5.41, 5.74) is 5.57. The van der Waals surface area contributed by atoms with E-state index in [0.29, 0.717) is 5.56 Å². The molecule has 0 spiro atoms. The van der Waals surface area contributed by atoms with Crippen LogP contribution in [0.3, 0.4) is 0 Å². The molecule has 1 aromatic rings. The van der Waals surface area contributed by atoms with E-state index in [0.717, 1.165) is 0 Å². The first kappa shape index (κ1) is 18.4. The molecule has 9 nitrogen and oxygen atoms in total. The summed E-state index contributed by atoms with van der Waals surface area (Å²) in [5, 5.41) is 10.3. The van der Waals surface area contributed by atoms with Gasteiger partial charge in [-0.05, 0) is 24.6 Å². The number of carbonyl (C=O) groups excluding carboxylic acids is 2. The van der Waals surface area contributed by atoms with E-state index in [1.165, 1.54) is 24.1 Å². The number of carbonyl (C=O) groups is 2. The van der Waals surface area contributed by atoms with E-state index in [1.807, 2.05) is 0 Å². The lowest BCUT2D eigenvalue weighted by atomic mass is 10.0. The fraction of sp³-hybridized carbons (Fsp3) is 0.357. The molecule has 1 aliphatic rings. The minimum Gasteiger partial charge on any atom is -0.433 e. The lowest BCUT2D eigenvalue weighted by molar-refractivity contribution is -0.116. The van der Waals surface area contributed by atoms with Gasteiger partial charge < -0.3 is 10.1 Å². The largest absolute Gasteiger partial charge is 0.433 e. The number of alkyl halides is 2. The lowest BCUT2D eigenvalue weighted by Crippen LogP contribution is -2.45. The predicted molar refractivity (Wildman–Crippen MR) is 85.7 cm³/mol. The van der Waals surface area contributed by atoms with E-state index in [-0.39, 0.29) is 29.4 Å². The summed E-state index contributed by atoms with van der Waals surface area (Å²) in [5.74, 6) is -0.918. The first-order valence-electron chi connectivity index (χ1n) is 7.35. The van der Waals surface area contributed by atoms with Crippen molar-refractivity contribution in [3.8, 4) is 5.75 Å². The maximum atomic E-state index is 12.6. The maximum absolute atomic E-state index is 12.6. The number of hydrogen-bond donors (Lipinski definition) is 4. The van der Waals surface area contributed by atoms with Crippen molar-refractivity contribution in [1.29, 1.82) is 0 Å². The minimum absolute atomic E-state index is 0.0257. The summed E-state index contributed by atoms with van der Waals surface area (Å²) in [6.07, 6.45) is 0.142. The number of nitrogens with one attached hydrogen (secondary N) is 4. The van der Waals surface area contributed by atoms with Crippen LogP contribution in [0.25, 0.3) is 0 Å². The van der Waals surface area contributed by atoms with Gasteiger partial charge in [-0.1, -0.05) is 6.92 Å². The molecule has 0 saturated heterocycles. The fourth-order valence-corrected chi connectivity index (χ4v) is 2.07. The second-order valence-corrected chi connectivity index (χ2v) is 5.06. The zero-order valence-electron chi connectivity index (χ0n) is 13.8. The number of halogens is 2. The Balaban J connectivity index is 2.33. The van der Waals surface area contributed by atoms with Crippen LogP contribution in [0.2, 0.25) is 0 Å². The van der Waals surface area contributed by atoms with Crippen LogP contribution in [-0.2, 0) is 4.79 Å². The highest BCUT2D eigenvalue weighted by molar-refractivity contribution is 6.08. The van der Waals surface area contributed by atoms with Crippen molar-refractivity contribution >= 4 is 23.5 Å². The molecule has 1 heterocycles. The number of nitrogens with zero attached hydrogens (tertiary/aromatic N) is 2. The van der Waals surface area contributed by atoms with Crippen molar-refractivity contribution < 1.29 is 23.1 Å². The van der Waals surface area contributed by atoms with Crippen LogP contribution in [0.5, 0.6) is 5.75 Å². The Morgan fingerprint density at radius 1 is 1.36 bits per heavy atom. The highest BCUT2D eigenvalue weighted by Gasteiger charge is 2.22. The molecule has 1 aliphatic heterocycles. The zero-order valence-corrected chi connectivity index (χ0v) is 13.8. The van der Waals surface area contributed by atoms with Gasteiger partial charge in [0.25, 0.3) is 5.91 Å². The number of rotatable bonds is 5. The summed E-state index contributed by atoms with van der Waals surface area (Å²) >= 11 is 0. The molecule has 0 radical (unpaired) electrons. The van der Waals surface area contributed by atoms with Crippen molar-refractivity contribution in [2.45, 2.75) is 26.9 Å². The molecule has 2 rings (SSSR count). The Labute approximate surface area is 142 Å². The van der Waals surface area contributed by atoms with Crippen LogP contribution < -0.4 is 26.4 Å². The summed E-state index contributed by atoms with van der Waals surface area (Å²) in [6.45, 7) is 0.0768. The average molecular weight is 356 g/mol. The van der Waals surface area contributed by atoms with Crippen LogP contribution in [0.4, 0.5) is 14.5 Å². The number of benzene rings is 1. The molecule has 2 amide bonds. The summed E-state index contributed by atoms with van der Waals surface area (Å²) in [7, 11) is 1.62. The highest BCUT2D eigenvalue weighted by Crippen LogP contribution is 2.32. The number of anilines is 1. The predicted octanol–water partition coefficient (Wildman–Crippen LogP) is 0.900. The smallest absolute Gasteiger partial charge is 0.387 e. The van der Waals surface area contributed by atoms with Gasteiger partial charge >= 0.3 is 6.61 Å². The van der Waals surface area contributed by atoms with E-state index in [2.05, 4.69) is 31.5 Å². The molecule has 25 heavy (non-hydrogen) atoms. The highest BCUT2D eigenvalue weighted by atomic mass is 19.3. The fourth-order valence-electron chi connectivity index (χ4n) is 2.07. The van der Waals surface area contributed by atoms with E-state index < -0.39 is 18.4 Å². The standard InChI is InChI=1S/C14H18F2N6O3/c1-4-10(23)17-11-7(2)8(5-6-9(11)25-13(15)16)12(24)18-14-19-20-21-22(14)3/h5-6,13,20-21H,4H2,1-3H3,(H,17,23)(H,18,19,24). The van der Waals surface area contributed by atoms with Gasteiger partial charge in [-0.25, -0.2) is 5.53 Å². The van der Waals surface area contributed by atoms with E-state index in [9.17, 15) is 18.4 Å². The molecule has 0 bridgehead atoms. The average Bonchev–Trinajstić information content (AvgIpc) is 2.95. The number of hydrogen-bond acceptors (Lipinski definition) is 7. The van der Waals surface area contributed by atoms with Crippen molar-refractivity contribution in [1.82, 2.24) is 21.4 Å². The Hall–Kier alpha value is -2.95. The number of amides is 2. The third-order valence-corrected chi connectivity index (χ3v) is 3.40. The minimum atomic E-state index is -3.06. The summed E-state index contributed by atoms with van der Waals surface area (Å²) < 4.78 is 29.6. The quantitative estimate of drug-likeness (QED) is 0.625. The third kappa shape index (κ3) is 4.32. The van der Waals surface area contributed by atoms with E-state index in [4.69, 9.17) is 0 Å². The van der Waals surface area contributed by atoms with Crippen molar-refractivity contribution in [3.05, 3.63) is 23.3 Å². The normalized spacial score (nSPS) is 13.4. The van der Waals surface area contributed by atoms with Crippen LogP contribution in [0.15, 0.2) is 17.2 Å². The van der Waals surface area contributed by atoms with Crippen molar-refractivity contribution in [2.24, 2.45) is 5.10 Å². The van der Waals surface area contributed by atoms with Gasteiger partial charge in [-0.15, -0.1) is 10.6 Å². The molecule has 4 N–H and O–H groups in total. The van der Waals surface area contributed by atoms with Gasteiger partial charge in [0, 0.05) is 19.0 Å². The van der Waals surface area contributed by atoms with Crippen LogP contribution in [-0.4, -0.2) is 36.4 Å². The lowest BCUT2D eigenvalue weighted by Gasteiger charge is -2.18. The van der Waals surface area contributed by atoms with Gasteiger partial charge in [0.15, 0.2) is 0 Å². The van der Waals surface area contributed by atoms with Gasteiger partial charge in [-0.2, -0.15) is 8.78 Å². The number of ether oxygens (including phenoxy) is 1. The van der Waals surface area contributed by atoms with Crippen LogP contribution >= 0.6 is 0 Å². The molecule has 0 fully saturated rings. The Bertz CT molecular complexity index is 710. The van der Waals surface area contributed by atoms with Crippen molar-refractivity contribution in [3.63, 3.8) is 0 Å². The van der Waals surface area contributed by atoms with Crippen LogP contribution in [0, 0.1) is 6.92 Å². The second kappa shape index (κ2) is 7.75. The van der Waals surface area contributed by atoms with Gasteiger partial charge in [0.1, 0.15) is 5.75 Å². The molecule has 1 aromatic carbocycles. The zero-order chi connectivity index (χ0) is 18.6. The third-order valence-electron chi connectivity index (χ3n) is 3.40. The number of hydrazone groups is 1. The molecule has 0 aliphatic carbocycles. The Morgan fingerprint density at radius 3 is 2.64 bits per heavy atom. The summed E-state index contributed by atoms with van der Waals surface area (Å²) in [6, 6.07) is 2.54. The molecular formula is C14H18F2N6O3. The van der Waals surface area contributed by atoms with Crippen molar-refractivity contribution in [2.75, 3.05) is 12.4 Å². The molecule has 11 heteroatoms. The first-order chi connectivity index (χ1) is 11.8. The van der Waals surface area contributed by atoms with E-state index in [1.54, 1.807) is 14.0 Å². The second-order valence-electron chi connectivity index (χ2n) is 5.06. The molecular weight excluding hydrogens is 338 g/mol. The van der Waals surface area contributed by atoms with Gasteiger partial charge in [-0.3, -0.25) is 19.9 Å². The molecule has 0 aromatic heterocycles. The molecule has 136 valence electrons. The Kier molecular flexibility index (Phi) is 5.70. The van der Waals surface area contributed by atoms with Gasteiger partial charge in [0.05, 0.1) is 5.69 Å². The molecule has 0 atom stereocenters.